The number of rotatable bonds is 9. The van der Waals surface area contributed by atoms with Crippen molar-refractivity contribution >= 4 is 32.6 Å². The van der Waals surface area contributed by atoms with Gasteiger partial charge in [0, 0.05) is 12.4 Å². The van der Waals surface area contributed by atoms with Gasteiger partial charge in [0.25, 0.3) is 5.91 Å². The summed E-state index contributed by atoms with van der Waals surface area (Å²) in [5.74, 6) is 1.55. The van der Waals surface area contributed by atoms with Gasteiger partial charge in [-0.3, -0.25) is 14.7 Å². The van der Waals surface area contributed by atoms with Gasteiger partial charge in [0.1, 0.15) is 11.3 Å². The smallest absolute Gasteiger partial charge is 0.267 e. The third-order valence-electron chi connectivity index (χ3n) is 4.69. The Labute approximate surface area is 190 Å². The molecule has 0 radical (unpaired) electrons. The molecule has 0 unspecified atom stereocenters. The number of anilines is 1. The fraction of sp³-hybridized carbons (Fsp3) is 0.208. The van der Waals surface area contributed by atoms with Crippen molar-refractivity contribution in [3.63, 3.8) is 0 Å². The van der Waals surface area contributed by atoms with Crippen LogP contribution >= 0.6 is 11.3 Å². The van der Waals surface area contributed by atoms with Crippen LogP contribution in [0.5, 0.6) is 17.2 Å². The second-order valence-corrected chi connectivity index (χ2v) is 7.82. The average molecular weight is 450 g/mol. The minimum absolute atomic E-state index is 0.158. The number of benzene rings is 2. The zero-order valence-corrected chi connectivity index (χ0v) is 18.7. The van der Waals surface area contributed by atoms with Crippen LogP contribution in [0.25, 0.3) is 10.2 Å². The van der Waals surface area contributed by atoms with Crippen molar-refractivity contribution < 1.29 is 19.0 Å². The van der Waals surface area contributed by atoms with Gasteiger partial charge in [0.15, 0.2) is 23.2 Å². The number of para-hydroxylation sites is 3. The van der Waals surface area contributed by atoms with E-state index in [4.69, 9.17) is 19.2 Å². The maximum Gasteiger partial charge on any atom is 0.267 e. The lowest BCUT2D eigenvalue weighted by molar-refractivity contribution is -0.120. The van der Waals surface area contributed by atoms with Gasteiger partial charge >= 0.3 is 0 Å². The van der Waals surface area contributed by atoms with E-state index in [1.54, 1.807) is 36.5 Å². The largest absolute Gasteiger partial charge is 0.493 e. The van der Waals surface area contributed by atoms with Crippen LogP contribution in [-0.2, 0) is 11.3 Å². The van der Waals surface area contributed by atoms with Crippen LogP contribution in [0.15, 0.2) is 67.0 Å². The third kappa shape index (κ3) is 4.81. The second kappa shape index (κ2) is 10.1. The van der Waals surface area contributed by atoms with Crippen LogP contribution in [0.4, 0.5) is 5.13 Å². The summed E-state index contributed by atoms with van der Waals surface area (Å²) in [7, 11) is 1.57. The first-order valence-electron chi connectivity index (χ1n) is 10.2. The summed E-state index contributed by atoms with van der Waals surface area (Å²) in [5.41, 5.74) is 1.63. The second-order valence-electron chi connectivity index (χ2n) is 6.81. The SMILES string of the molecule is CCOc1cccc2sc(N(Cc3cccnc3)C(=O)COc3ccccc3OC)nc12. The molecule has 164 valence electrons. The van der Waals surface area contributed by atoms with E-state index in [1.165, 1.54) is 11.3 Å². The molecular formula is C24H23N3O4S. The summed E-state index contributed by atoms with van der Waals surface area (Å²) < 4.78 is 17.8. The highest BCUT2D eigenvalue weighted by atomic mass is 32.1. The highest BCUT2D eigenvalue weighted by Gasteiger charge is 2.22. The molecule has 0 aliphatic heterocycles. The quantitative estimate of drug-likeness (QED) is 0.368. The molecule has 0 bridgehead atoms. The fourth-order valence-corrected chi connectivity index (χ4v) is 4.19. The Morgan fingerprint density at radius 1 is 1.00 bits per heavy atom. The van der Waals surface area contributed by atoms with Gasteiger partial charge in [0.2, 0.25) is 0 Å². The van der Waals surface area contributed by atoms with Crippen molar-refractivity contribution in [2.24, 2.45) is 0 Å². The number of fused-ring (bicyclic) bond motifs is 1. The number of hydrogen-bond donors (Lipinski definition) is 0. The number of pyridine rings is 1. The Balaban J connectivity index is 1.63. The molecule has 2 aromatic heterocycles. The van der Waals surface area contributed by atoms with E-state index in [9.17, 15) is 4.79 Å². The summed E-state index contributed by atoms with van der Waals surface area (Å²) in [4.78, 5) is 23.8. The van der Waals surface area contributed by atoms with Crippen LogP contribution in [0.2, 0.25) is 0 Å². The van der Waals surface area contributed by atoms with Crippen molar-refractivity contribution in [2.75, 3.05) is 25.2 Å². The third-order valence-corrected chi connectivity index (χ3v) is 5.73. The number of aromatic nitrogens is 2. The first-order chi connectivity index (χ1) is 15.7. The topological polar surface area (TPSA) is 73.8 Å². The van der Waals surface area contributed by atoms with E-state index >= 15 is 0 Å². The zero-order chi connectivity index (χ0) is 22.3. The van der Waals surface area contributed by atoms with Gasteiger partial charge in [0.05, 0.1) is 25.0 Å². The molecule has 2 heterocycles. The maximum atomic E-state index is 13.3. The van der Waals surface area contributed by atoms with E-state index in [1.807, 2.05) is 49.4 Å². The molecule has 0 saturated heterocycles. The first-order valence-corrected chi connectivity index (χ1v) is 11.0. The molecule has 4 aromatic rings. The predicted octanol–water partition coefficient (Wildman–Crippen LogP) is 4.71. The Hall–Kier alpha value is -3.65. The number of hydrogen-bond acceptors (Lipinski definition) is 7. The molecule has 0 aliphatic carbocycles. The molecule has 7 nitrogen and oxygen atoms in total. The van der Waals surface area contributed by atoms with E-state index in [0.29, 0.717) is 35.5 Å². The normalized spacial score (nSPS) is 10.7. The van der Waals surface area contributed by atoms with Crippen LogP contribution < -0.4 is 19.1 Å². The van der Waals surface area contributed by atoms with Crippen molar-refractivity contribution in [1.29, 1.82) is 0 Å². The number of carbonyl (C=O) groups excluding carboxylic acids is 1. The van der Waals surface area contributed by atoms with E-state index in [2.05, 4.69) is 4.98 Å². The molecule has 8 heteroatoms. The molecule has 4 rings (SSSR count). The lowest BCUT2D eigenvalue weighted by atomic mass is 10.2. The molecule has 0 saturated carbocycles. The van der Waals surface area contributed by atoms with E-state index in [0.717, 1.165) is 15.8 Å². The summed E-state index contributed by atoms with van der Waals surface area (Å²) in [6.07, 6.45) is 3.44. The summed E-state index contributed by atoms with van der Waals surface area (Å²) in [6, 6.07) is 16.8. The molecule has 1 amide bonds. The van der Waals surface area contributed by atoms with Crippen molar-refractivity contribution in [3.05, 3.63) is 72.6 Å². The van der Waals surface area contributed by atoms with E-state index in [-0.39, 0.29) is 12.5 Å². The monoisotopic (exact) mass is 449 g/mol. The van der Waals surface area contributed by atoms with Gasteiger partial charge in [-0.25, -0.2) is 4.98 Å². The van der Waals surface area contributed by atoms with Crippen molar-refractivity contribution in [3.8, 4) is 17.2 Å². The minimum Gasteiger partial charge on any atom is -0.493 e. The number of nitrogens with zero attached hydrogens (tertiary/aromatic N) is 3. The first kappa shape index (κ1) is 21.6. The lowest BCUT2D eigenvalue weighted by Gasteiger charge is -2.20. The molecule has 2 aromatic carbocycles. The van der Waals surface area contributed by atoms with Crippen LogP contribution in [0.1, 0.15) is 12.5 Å². The standard InChI is InChI=1S/C24H23N3O4S/c1-3-30-20-11-6-12-21-23(20)26-24(32-21)27(15-17-8-7-13-25-14-17)22(28)16-31-19-10-5-4-9-18(19)29-2/h4-14H,3,15-16H2,1-2H3. The van der Waals surface area contributed by atoms with Gasteiger partial charge in [-0.15, -0.1) is 0 Å². The van der Waals surface area contributed by atoms with Crippen molar-refractivity contribution in [1.82, 2.24) is 9.97 Å². The van der Waals surface area contributed by atoms with E-state index < -0.39 is 0 Å². The van der Waals surface area contributed by atoms with Crippen molar-refractivity contribution in [2.45, 2.75) is 13.5 Å². The summed E-state index contributed by atoms with van der Waals surface area (Å²) in [5, 5.41) is 0.574. The zero-order valence-electron chi connectivity index (χ0n) is 17.9. The lowest BCUT2D eigenvalue weighted by Crippen LogP contribution is -2.34. The van der Waals surface area contributed by atoms with Crippen LogP contribution in [-0.4, -0.2) is 36.2 Å². The molecule has 0 atom stereocenters. The number of methoxy groups -OCH3 is 1. The van der Waals surface area contributed by atoms with Crippen LogP contribution in [0, 0.1) is 0 Å². The number of carbonyl (C=O) groups is 1. The molecule has 0 spiro atoms. The summed E-state index contributed by atoms with van der Waals surface area (Å²) >= 11 is 1.44. The van der Waals surface area contributed by atoms with Gasteiger partial charge < -0.3 is 14.2 Å². The molecular weight excluding hydrogens is 426 g/mol. The number of ether oxygens (including phenoxy) is 3. The fourth-order valence-electron chi connectivity index (χ4n) is 3.19. The predicted molar refractivity (Wildman–Crippen MR) is 125 cm³/mol. The highest BCUT2D eigenvalue weighted by Crippen LogP contribution is 2.35. The number of amides is 1. The average Bonchev–Trinajstić information content (AvgIpc) is 3.27. The maximum absolute atomic E-state index is 13.3. The van der Waals surface area contributed by atoms with Gasteiger partial charge in [-0.05, 0) is 42.8 Å². The Morgan fingerprint density at radius 2 is 1.81 bits per heavy atom. The van der Waals surface area contributed by atoms with Gasteiger partial charge in [-0.2, -0.15) is 0 Å². The Morgan fingerprint density at radius 3 is 2.56 bits per heavy atom. The Kier molecular flexibility index (Phi) is 6.81. The summed E-state index contributed by atoms with van der Waals surface area (Å²) in [6.45, 7) is 2.64. The molecule has 0 fully saturated rings. The molecule has 0 aliphatic rings. The molecule has 0 N–H and O–H groups in total. The van der Waals surface area contributed by atoms with Crippen LogP contribution in [0.3, 0.4) is 0 Å². The molecule has 32 heavy (non-hydrogen) atoms. The minimum atomic E-state index is -0.225. The highest BCUT2D eigenvalue weighted by molar-refractivity contribution is 7.22. The number of thiazole rings is 1. The Bertz CT molecular complexity index is 1200. The van der Waals surface area contributed by atoms with Gasteiger partial charge in [-0.1, -0.05) is 35.6 Å².